The number of non-ortho nitro benzene ring substituents is 1. The molecule has 12 heteroatoms. The maximum absolute atomic E-state index is 10.9. The first-order valence-electron chi connectivity index (χ1n) is 10.9. The average molecular weight is 561 g/mol. The lowest BCUT2D eigenvalue weighted by molar-refractivity contribution is -0.384. The summed E-state index contributed by atoms with van der Waals surface area (Å²) in [5.41, 5.74) is 5.10. The van der Waals surface area contributed by atoms with Crippen LogP contribution in [0.15, 0.2) is 88.4 Å². The highest BCUT2D eigenvalue weighted by atomic mass is 79.9. The van der Waals surface area contributed by atoms with Crippen LogP contribution in [0.1, 0.15) is 5.56 Å². The molecule has 4 aromatic rings. The van der Waals surface area contributed by atoms with E-state index in [1.807, 2.05) is 48.5 Å². The van der Waals surface area contributed by atoms with Crippen molar-refractivity contribution in [2.75, 3.05) is 23.2 Å². The van der Waals surface area contributed by atoms with Crippen LogP contribution in [0.5, 0.6) is 5.75 Å². The fraction of sp³-hybridized carbons (Fsp3) is 0.0400. The first-order valence-corrected chi connectivity index (χ1v) is 11.7. The number of nitro benzene ring substituents is 1. The molecule has 4 rings (SSSR count). The molecule has 0 aliphatic heterocycles. The minimum Gasteiger partial charge on any atom is -0.497 e. The Balaban J connectivity index is 1.55. The van der Waals surface area contributed by atoms with Crippen LogP contribution >= 0.6 is 15.9 Å². The molecule has 0 saturated heterocycles. The number of halogens is 1. The van der Waals surface area contributed by atoms with Gasteiger partial charge in [0.15, 0.2) is 0 Å². The fourth-order valence-electron chi connectivity index (χ4n) is 3.03. The van der Waals surface area contributed by atoms with Gasteiger partial charge in [0.05, 0.1) is 18.2 Å². The van der Waals surface area contributed by atoms with E-state index in [9.17, 15) is 10.1 Å². The summed E-state index contributed by atoms with van der Waals surface area (Å²) >= 11 is 3.47. The molecule has 186 valence electrons. The molecule has 3 aromatic carbocycles. The van der Waals surface area contributed by atoms with Gasteiger partial charge in [-0.05, 0) is 64.0 Å². The first kappa shape index (κ1) is 25.3. The van der Waals surface area contributed by atoms with Gasteiger partial charge in [-0.15, -0.1) is 0 Å². The van der Waals surface area contributed by atoms with Crippen LogP contribution in [0, 0.1) is 10.1 Å². The van der Waals surface area contributed by atoms with Crippen LogP contribution < -0.4 is 20.8 Å². The van der Waals surface area contributed by atoms with E-state index in [4.69, 9.17) is 4.74 Å². The topological polar surface area (TPSA) is 139 Å². The number of methoxy groups -OCH3 is 1. The van der Waals surface area contributed by atoms with Crippen molar-refractivity contribution in [3.05, 3.63) is 99.0 Å². The second kappa shape index (κ2) is 12.2. The summed E-state index contributed by atoms with van der Waals surface area (Å²) in [5.74, 6) is 1.34. The van der Waals surface area contributed by atoms with Crippen molar-refractivity contribution in [2.45, 2.75) is 0 Å². The van der Waals surface area contributed by atoms with Crippen molar-refractivity contribution < 1.29 is 9.66 Å². The second-order valence-electron chi connectivity index (χ2n) is 7.40. The van der Waals surface area contributed by atoms with Gasteiger partial charge in [-0.25, -0.2) is 5.43 Å². The van der Waals surface area contributed by atoms with Crippen LogP contribution in [-0.2, 0) is 0 Å². The largest absolute Gasteiger partial charge is 0.497 e. The Labute approximate surface area is 220 Å². The van der Waals surface area contributed by atoms with Gasteiger partial charge in [-0.2, -0.15) is 20.1 Å². The monoisotopic (exact) mass is 560 g/mol. The number of rotatable bonds is 10. The summed E-state index contributed by atoms with van der Waals surface area (Å²) in [7, 11) is 1.59. The van der Waals surface area contributed by atoms with Gasteiger partial charge in [0.1, 0.15) is 5.75 Å². The maximum atomic E-state index is 10.9. The Morgan fingerprint density at radius 2 is 1.46 bits per heavy atom. The minimum absolute atomic E-state index is 0.0196. The molecule has 0 unspecified atom stereocenters. The van der Waals surface area contributed by atoms with Crippen molar-refractivity contribution in [3.8, 4) is 5.75 Å². The van der Waals surface area contributed by atoms with E-state index in [2.05, 4.69) is 52.0 Å². The zero-order chi connectivity index (χ0) is 26.0. The molecule has 1 aromatic heterocycles. The van der Waals surface area contributed by atoms with E-state index in [1.54, 1.807) is 37.6 Å². The third kappa shape index (κ3) is 7.57. The number of hydrogen-bond acceptors (Lipinski definition) is 10. The normalized spacial score (nSPS) is 11.2. The molecule has 0 saturated carbocycles. The summed E-state index contributed by atoms with van der Waals surface area (Å²) in [4.78, 5) is 23.6. The fourth-order valence-corrected chi connectivity index (χ4v) is 3.40. The van der Waals surface area contributed by atoms with Crippen molar-refractivity contribution in [1.29, 1.82) is 0 Å². The van der Waals surface area contributed by atoms with Gasteiger partial charge < -0.3 is 15.4 Å². The van der Waals surface area contributed by atoms with Gasteiger partial charge in [0.25, 0.3) is 5.69 Å². The van der Waals surface area contributed by atoms with E-state index in [1.165, 1.54) is 12.1 Å². The molecule has 1 heterocycles. The van der Waals surface area contributed by atoms with Crippen LogP contribution in [-0.4, -0.2) is 33.2 Å². The number of allylic oxidation sites excluding steroid dienone is 1. The van der Waals surface area contributed by atoms with E-state index in [-0.39, 0.29) is 23.5 Å². The molecule has 0 aliphatic carbocycles. The first-order chi connectivity index (χ1) is 18.0. The summed E-state index contributed by atoms with van der Waals surface area (Å²) in [6.45, 7) is 0. The van der Waals surface area contributed by atoms with Crippen LogP contribution in [0.3, 0.4) is 0 Å². The van der Waals surface area contributed by atoms with Gasteiger partial charge in [0.2, 0.25) is 17.8 Å². The van der Waals surface area contributed by atoms with Crippen molar-refractivity contribution in [1.82, 2.24) is 15.0 Å². The number of aromatic nitrogens is 3. The molecule has 0 bridgehead atoms. The third-order valence-corrected chi connectivity index (χ3v) is 5.21. The number of hydrogen-bond donors (Lipinski definition) is 3. The highest BCUT2D eigenvalue weighted by Gasteiger charge is 2.09. The average Bonchev–Trinajstić information content (AvgIpc) is 2.90. The van der Waals surface area contributed by atoms with E-state index < -0.39 is 4.92 Å². The minimum atomic E-state index is -0.464. The van der Waals surface area contributed by atoms with Gasteiger partial charge in [0, 0.05) is 28.0 Å². The van der Waals surface area contributed by atoms with Gasteiger partial charge in [-0.1, -0.05) is 30.3 Å². The Hall–Kier alpha value is -4.84. The number of benzene rings is 3. The lowest BCUT2D eigenvalue weighted by atomic mass is 10.2. The van der Waals surface area contributed by atoms with E-state index >= 15 is 0 Å². The van der Waals surface area contributed by atoms with Crippen LogP contribution in [0.2, 0.25) is 0 Å². The molecule has 11 nitrogen and oxygen atoms in total. The zero-order valence-electron chi connectivity index (χ0n) is 19.5. The number of nitro groups is 1. The van der Waals surface area contributed by atoms with Crippen LogP contribution in [0.25, 0.3) is 6.08 Å². The predicted molar refractivity (Wildman–Crippen MR) is 148 cm³/mol. The Morgan fingerprint density at radius 1 is 0.892 bits per heavy atom. The van der Waals surface area contributed by atoms with Crippen molar-refractivity contribution in [2.24, 2.45) is 5.10 Å². The summed E-state index contributed by atoms with van der Waals surface area (Å²) < 4.78 is 5.93. The zero-order valence-corrected chi connectivity index (χ0v) is 21.1. The van der Waals surface area contributed by atoms with Crippen molar-refractivity contribution in [3.63, 3.8) is 0 Å². The standard InChI is InChI=1S/C25H21BrN8O3/c1-37-22-13-9-20(10-14-22)29-24-30-23(28-19-7-11-21(12-8-19)34(35)36)31-25(32-24)33-27-16-18(26)15-17-5-3-2-4-6-17/h2-16H,1H3,(H3,28,29,30,31,32,33). The summed E-state index contributed by atoms with van der Waals surface area (Å²) in [6.07, 6.45) is 3.49. The Morgan fingerprint density at radius 3 is 2.03 bits per heavy atom. The predicted octanol–water partition coefficient (Wildman–Crippen LogP) is 6.11. The lowest BCUT2D eigenvalue weighted by Crippen LogP contribution is -2.07. The SMILES string of the molecule is COc1ccc(Nc2nc(NN=CC(Br)=Cc3ccccc3)nc(Nc3ccc([N+](=O)[O-])cc3)n2)cc1. The summed E-state index contributed by atoms with van der Waals surface area (Å²) in [5, 5.41) is 21.3. The number of hydrazone groups is 1. The smallest absolute Gasteiger partial charge is 0.269 e. The lowest BCUT2D eigenvalue weighted by Gasteiger charge is -2.10. The highest BCUT2D eigenvalue weighted by molar-refractivity contribution is 9.12. The molecular weight excluding hydrogens is 540 g/mol. The molecule has 0 amide bonds. The molecule has 0 radical (unpaired) electrons. The van der Waals surface area contributed by atoms with E-state index in [0.717, 1.165) is 15.7 Å². The Bertz CT molecular complexity index is 1410. The van der Waals surface area contributed by atoms with Crippen molar-refractivity contribution >= 4 is 63.1 Å². The Kier molecular flexibility index (Phi) is 8.34. The van der Waals surface area contributed by atoms with Crippen LogP contribution in [0.4, 0.5) is 34.9 Å². The number of anilines is 5. The molecule has 0 aliphatic rings. The molecular formula is C25H21BrN8O3. The van der Waals surface area contributed by atoms with Gasteiger partial charge >= 0.3 is 0 Å². The maximum Gasteiger partial charge on any atom is 0.269 e. The second-order valence-corrected chi connectivity index (χ2v) is 8.31. The number of nitrogens with one attached hydrogen (secondary N) is 3. The molecule has 0 spiro atoms. The third-order valence-electron chi connectivity index (χ3n) is 4.77. The van der Waals surface area contributed by atoms with E-state index in [0.29, 0.717) is 11.4 Å². The molecule has 37 heavy (non-hydrogen) atoms. The summed E-state index contributed by atoms with van der Waals surface area (Å²) in [6, 6.07) is 23.0. The molecule has 0 atom stereocenters. The molecule has 0 fully saturated rings. The quantitative estimate of drug-likeness (QED) is 0.119. The number of ether oxygens (including phenoxy) is 1. The molecule has 3 N–H and O–H groups in total. The highest BCUT2D eigenvalue weighted by Crippen LogP contribution is 2.22. The van der Waals surface area contributed by atoms with Gasteiger partial charge in [-0.3, -0.25) is 10.1 Å². The number of nitrogens with zero attached hydrogens (tertiary/aromatic N) is 5.